The van der Waals surface area contributed by atoms with Gasteiger partial charge in [0.2, 0.25) is 17.7 Å². The number of hydrogen-bond acceptors (Lipinski definition) is 5. The zero-order chi connectivity index (χ0) is 21.9. The van der Waals surface area contributed by atoms with Crippen molar-refractivity contribution in [2.75, 3.05) is 20.2 Å². The predicted molar refractivity (Wildman–Crippen MR) is 106 cm³/mol. The van der Waals surface area contributed by atoms with Gasteiger partial charge in [-0.05, 0) is 43.9 Å². The molecule has 2 fully saturated rings. The highest BCUT2D eigenvalue weighted by molar-refractivity contribution is 6.10. The molecule has 8 heteroatoms. The predicted octanol–water partition coefficient (Wildman–Crippen LogP) is 2.18. The fraction of sp³-hybridized carbons (Fsp3) is 0.545. The van der Waals surface area contributed by atoms with Gasteiger partial charge in [0.15, 0.2) is 0 Å². The SMILES string of the molecule is CCOC(=O)C[C@@H]1CCCCN1C(=O)C[C@@]1(c2cccc(F)c2)CC(=O)N(C)C1=O. The zero-order valence-electron chi connectivity index (χ0n) is 17.4. The Labute approximate surface area is 175 Å². The topological polar surface area (TPSA) is 84.0 Å². The van der Waals surface area contributed by atoms with Gasteiger partial charge in [-0.3, -0.25) is 24.1 Å². The largest absolute Gasteiger partial charge is 0.466 e. The maximum atomic E-state index is 13.9. The van der Waals surface area contributed by atoms with Crippen molar-refractivity contribution in [2.45, 2.75) is 56.9 Å². The molecule has 2 saturated heterocycles. The normalized spacial score (nSPS) is 24.3. The van der Waals surface area contributed by atoms with Crippen molar-refractivity contribution in [2.24, 2.45) is 0 Å². The lowest BCUT2D eigenvalue weighted by molar-refractivity contribution is -0.148. The lowest BCUT2D eigenvalue weighted by Gasteiger charge is -2.37. The molecule has 0 radical (unpaired) electrons. The molecule has 2 aliphatic rings. The van der Waals surface area contributed by atoms with E-state index in [-0.39, 0.29) is 43.8 Å². The van der Waals surface area contributed by atoms with Crippen molar-refractivity contribution < 1.29 is 28.3 Å². The van der Waals surface area contributed by atoms with Crippen LogP contribution in [-0.2, 0) is 29.3 Å². The van der Waals surface area contributed by atoms with Crippen molar-refractivity contribution in [3.63, 3.8) is 0 Å². The van der Waals surface area contributed by atoms with Crippen LogP contribution in [-0.4, -0.2) is 59.7 Å². The molecule has 162 valence electrons. The lowest BCUT2D eigenvalue weighted by atomic mass is 9.75. The number of hydrogen-bond donors (Lipinski definition) is 0. The van der Waals surface area contributed by atoms with Crippen molar-refractivity contribution in [1.29, 1.82) is 0 Å². The second kappa shape index (κ2) is 8.93. The Morgan fingerprint density at radius 3 is 2.67 bits per heavy atom. The van der Waals surface area contributed by atoms with Gasteiger partial charge in [-0.2, -0.15) is 0 Å². The molecule has 3 rings (SSSR count). The second-order valence-electron chi connectivity index (χ2n) is 7.95. The number of likely N-dealkylation sites (N-methyl/N-ethyl adjacent to an activating group) is 1. The fourth-order valence-corrected chi connectivity index (χ4v) is 4.45. The maximum Gasteiger partial charge on any atom is 0.307 e. The van der Waals surface area contributed by atoms with E-state index < -0.39 is 23.0 Å². The number of benzene rings is 1. The summed E-state index contributed by atoms with van der Waals surface area (Å²) in [5, 5.41) is 0. The van der Waals surface area contributed by atoms with Gasteiger partial charge in [0.05, 0.1) is 18.4 Å². The van der Waals surface area contributed by atoms with Gasteiger partial charge in [0.25, 0.3) is 0 Å². The smallest absolute Gasteiger partial charge is 0.307 e. The average molecular weight is 418 g/mol. The number of rotatable bonds is 6. The van der Waals surface area contributed by atoms with Crippen LogP contribution in [0.4, 0.5) is 4.39 Å². The quantitative estimate of drug-likeness (QED) is 0.522. The lowest BCUT2D eigenvalue weighted by Crippen LogP contribution is -2.48. The van der Waals surface area contributed by atoms with Crippen LogP contribution in [0.5, 0.6) is 0 Å². The fourth-order valence-electron chi connectivity index (χ4n) is 4.45. The van der Waals surface area contributed by atoms with Gasteiger partial charge < -0.3 is 9.64 Å². The first-order chi connectivity index (χ1) is 14.3. The number of carbonyl (C=O) groups is 4. The van der Waals surface area contributed by atoms with E-state index in [1.165, 1.54) is 25.2 Å². The number of piperidine rings is 1. The van der Waals surface area contributed by atoms with E-state index in [2.05, 4.69) is 0 Å². The molecule has 0 bridgehead atoms. The first-order valence-electron chi connectivity index (χ1n) is 10.3. The summed E-state index contributed by atoms with van der Waals surface area (Å²) in [5.41, 5.74) is -1.12. The summed E-state index contributed by atoms with van der Waals surface area (Å²) in [6.45, 7) is 2.47. The zero-order valence-corrected chi connectivity index (χ0v) is 17.4. The monoisotopic (exact) mass is 418 g/mol. The summed E-state index contributed by atoms with van der Waals surface area (Å²) in [7, 11) is 1.38. The second-order valence-corrected chi connectivity index (χ2v) is 7.95. The van der Waals surface area contributed by atoms with E-state index in [4.69, 9.17) is 4.74 Å². The van der Waals surface area contributed by atoms with Gasteiger partial charge in [-0.25, -0.2) is 4.39 Å². The Hall–Kier alpha value is -2.77. The number of ether oxygens (including phenoxy) is 1. The first-order valence-corrected chi connectivity index (χ1v) is 10.3. The van der Waals surface area contributed by atoms with Gasteiger partial charge in [-0.1, -0.05) is 12.1 Å². The molecule has 0 aliphatic carbocycles. The summed E-state index contributed by atoms with van der Waals surface area (Å²) >= 11 is 0. The molecule has 7 nitrogen and oxygen atoms in total. The molecule has 1 aromatic carbocycles. The van der Waals surface area contributed by atoms with E-state index in [1.54, 1.807) is 17.9 Å². The third kappa shape index (κ3) is 4.22. The highest BCUT2D eigenvalue weighted by Crippen LogP contribution is 2.40. The van der Waals surface area contributed by atoms with Crippen LogP contribution in [0.1, 0.15) is 51.0 Å². The summed E-state index contributed by atoms with van der Waals surface area (Å²) < 4.78 is 19.0. The Morgan fingerprint density at radius 1 is 1.27 bits per heavy atom. The average Bonchev–Trinajstić information content (AvgIpc) is 2.93. The number of likely N-dealkylation sites (tertiary alicyclic amines) is 2. The Bertz CT molecular complexity index is 858. The Kier molecular flexibility index (Phi) is 6.53. The maximum absolute atomic E-state index is 13.9. The highest BCUT2D eigenvalue weighted by atomic mass is 19.1. The molecular weight excluding hydrogens is 391 g/mol. The van der Waals surface area contributed by atoms with Gasteiger partial charge in [-0.15, -0.1) is 0 Å². The minimum Gasteiger partial charge on any atom is -0.466 e. The van der Waals surface area contributed by atoms with Crippen LogP contribution in [0.25, 0.3) is 0 Å². The van der Waals surface area contributed by atoms with Gasteiger partial charge in [0.1, 0.15) is 5.82 Å². The highest BCUT2D eigenvalue weighted by Gasteiger charge is 2.53. The minimum atomic E-state index is -1.43. The molecule has 0 N–H and O–H groups in total. The van der Waals surface area contributed by atoms with Crippen molar-refractivity contribution in [3.05, 3.63) is 35.6 Å². The third-order valence-electron chi connectivity index (χ3n) is 6.03. The van der Waals surface area contributed by atoms with Crippen LogP contribution >= 0.6 is 0 Å². The minimum absolute atomic E-state index is 0.0966. The van der Waals surface area contributed by atoms with Crippen molar-refractivity contribution in [3.8, 4) is 0 Å². The molecule has 3 amide bonds. The van der Waals surface area contributed by atoms with E-state index >= 15 is 0 Å². The summed E-state index contributed by atoms with van der Waals surface area (Å²) in [4.78, 5) is 53.3. The van der Waals surface area contributed by atoms with Gasteiger partial charge in [0, 0.05) is 32.5 Å². The van der Waals surface area contributed by atoms with Crippen molar-refractivity contribution in [1.82, 2.24) is 9.80 Å². The molecule has 2 heterocycles. The van der Waals surface area contributed by atoms with Crippen LogP contribution in [0.3, 0.4) is 0 Å². The number of carbonyl (C=O) groups excluding carboxylic acids is 4. The number of halogens is 1. The number of amides is 3. The molecule has 0 saturated carbocycles. The van der Waals surface area contributed by atoms with Crippen molar-refractivity contribution >= 4 is 23.7 Å². The van der Waals surface area contributed by atoms with E-state index in [0.717, 1.165) is 17.7 Å². The van der Waals surface area contributed by atoms with Crippen LogP contribution < -0.4 is 0 Å². The van der Waals surface area contributed by atoms with Crippen LogP contribution in [0.15, 0.2) is 24.3 Å². The summed E-state index contributed by atoms with van der Waals surface area (Å²) in [6, 6.07) is 5.21. The molecule has 2 aliphatic heterocycles. The Morgan fingerprint density at radius 2 is 2.03 bits per heavy atom. The summed E-state index contributed by atoms with van der Waals surface area (Å²) in [5.74, 6) is -2.13. The molecule has 0 aromatic heterocycles. The molecule has 30 heavy (non-hydrogen) atoms. The van der Waals surface area contributed by atoms with Crippen LogP contribution in [0, 0.1) is 5.82 Å². The Balaban J connectivity index is 1.89. The number of nitrogens with zero attached hydrogens (tertiary/aromatic N) is 2. The number of imide groups is 1. The molecule has 0 unspecified atom stereocenters. The molecule has 2 atom stereocenters. The molecular formula is C22H27FN2O5. The van der Waals surface area contributed by atoms with E-state index in [1.807, 2.05) is 0 Å². The number of esters is 1. The first kappa shape index (κ1) is 21.9. The van der Waals surface area contributed by atoms with Gasteiger partial charge >= 0.3 is 5.97 Å². The standard InChI is InChI=1S/C22H27FN2O5/c1-3-30-20(28)12-17-9-4-5-10-25(17)19(27)14-22(13-18(26)24(2)21(22)29)15-7-6-8-16(23)11-15/h6-8,11,17H,3-5,9-10,12-14H2,1-2H3/t17-,22+/m0/s1. The molecule has 1 aromatic rings. The van der Waals surface area contributed by atoms with Crippen LogP contribution in [0.2, 0.25) is 0 Å². The summed E-state index contributed by atoms with van der Waals surface area (Å²) in [6.07, 6.45) is 2.02. The molecule has 0 spiro atoms. The third-order valence-corrected chi connectivity index (χ3v) is 6.03. The van der Waals surface area contributed by atoms with E-state index in [0.29, 0.717) is 18.5 Å². The van der Waals surface area contributed by atoms with E-state index in [9.17, 15) is 23.6 Å².